The van der Waals surface area contributed by atoms with E-state index in [1.54, 1.807) is 43.1 Å². The fraction of sp³-hybridized carbons (Fsp3) is 0.562. The highest BCUT2D eigenvalue weighted by molar-refractivity contribution is 7.92. The molecule has 1 fully saturated rings. The molecule has 23 heavy (non-hydrogen) atoms. The predicted octanol–water partition coefficient (Wildman–Crippen LogP) is 2.90. The lowest BCUT2D eigenvalue weighted by Gasteiger charge is -2.33. The largest absolute Gasteiger partial charge is 0.341 e. The molecule has 1 saturated carbocycles. The van der Waals surface area contributed by atoms with E-state index < -0.39 is 16.1 Å². The first-order chi connectivity index (χ1) is 10.7. The van der Waals surface area contributed by atoms with Crippen molar-refractivity contribution < 1.29 is 13.2 Å². The molecule has 0 radical (unpaired) electrons. The first-order valence-electron chi connectivity index (χ1n) is 7.73. The summed E-state index contributed by atoms with van der Waals surface area (Å²) in [6, 6.07) is 5.93. The summed E-state index contributed by atoms with van der Waals surface area (Å²) in [5, 5.41) is 0.431. The van der Waals surface area contributed by atoms with E-state index in [1.165, 1.54) is 0 Å². The molecular weight excluding hydrogens is 336 g/mol. The molecule has 7 heteroatoms. The van der Waals surface area contributed by atoms with Crippen LogP contribution in [0.25, 0.3) is 0 Å². The monoisotopic (exact) mass is 358 g/mol. The van der Waals surface area contributed by atoms with Gasteiger partial charge in [0.15, 0.2) is 0 Å². The van der Waals surface area contributed by atoms with E-state index in [4.69, 9.17) is 11.6 Å². The van der Waals surface area contributed by atoms with Gasteiger partial charge in [-0.15, -0.1) is 0 Å². The Morgan fingerprint density at radius 3 is 2.43 bits per heavy atom. The summed E-state index contributed by atoms with van der Waals surface area (Å²) in [6.07, 6.45) is 5.28. The molecule has 1 aromatic rings. The Labute approximate surface area is 143 Å². The van der Waals surface area contributed by atoms with Crippen LogP contribution >= 0.6 is 11.6 Å². The van der Waals surface area contributed by atoms with Gasteiger partial charge in [0.1, 0.15) is 6.04 Å². The molecule has 0 saturated heterocycles. The average molecular weight is 359 g/mol. The van der Waals surface area contributed by atoms with Gasteiger partial charge in [0.2, 0.25) is 15.9 Å². The zero-order valence-corrected chi connectivity index (χ0v) is 15.3. The number of nitrogens with zero attached hydrogens (tertiary/aromatic N) is 2. The van der Waals surface area contributed by atoms with Crippen LogP contribution in [0, 0.1) is 0 Å². The van der Waals surface area contributed by atoms with Gasteiger partial charge in [-0.3, -0.25) is 9.10 Å². The Bertz CT molecular complexity index is 672. The molecule has 1 aromatic carbocycles. The zero-order chi connectivity index (χ0) is 17.2. The van der Waals surface area contributed by atoms with Crippen LogP contribution in [0.5, 0.6) is 0 Å². The van der Waals surface area contributed by atoms with Crippen molar-refractivity contribution in [3.05, 3.63) is 29.3 Å². The van der Waals surface area contributed by atoms with Crippen molar-refractivity contribution in [3.63, 3.8) is 0 Å². The van der Waals surface area contributed by atoms with Gasteiger partial charge in [-0.05, 0) is 38.0 Å². The lowest BCUT2D eigenvalue weighted by Crippen LogP contribution is -2.50. The maximum atomic E-state index is 12.8. The van der Waals surface area contributed by atoms with E-state index in [0.29, 0.717) is 10.7 Å². The van der Waals surface area contributed by atoms with Gasteiger partial charge >= 0.3 is 0 Å². The van der Waals surface area contributed by atoms with Crippen LogP contribution < -0.4 is 4.31 Å². The van der Waals surface area contributed by atoms with Gasteiger partial charge in [-0.1, -0.05) is 30.5 Å². The van der Waals surface area contributed by atoms with Gasteiger partial charge in [0.05, 0.1) is 11.9 Å². The number of anilines is 1. The zero-order valence-electron chi connectivity index (χ0n) is 13.7. The van der Waals surface area contributed by atoms with Gasteiger partial charge in [-0.25, -0.2) is 8.42 Å². The Hall–Kier alpha value is -1.27. The highest BCUT2D eigenvalue weighted by Crippen LogP contribution is 2.27. The summed E-state index contributed by atoms with van der Waals surface area (Å²) in [5.41, 5.74) is 0.403. The van der Waals surface area contributed by atoms with Gasteiger partial charge in [0.25, 0.3) is 0 Å². The van der Waals surface area contributed by atoms with Crippen molar-refractivity contribution in [1.29, 1.82) is 0 Å². The number of likely N-dealkylation sites (N-methyl/N-ethyl adjacent to an activating group) is 1. The number of amides is 1. The van der Waals surface area contributed by atoms with E-state index in [-0.39, 0.29) is 11.9 Å². The van der Waals surface area contributed by atoms with Crippen LogP contribution in [0.2, 0.25) is 5.02 Å². The van der Waals surface area contributed by atoms with Crippen LogP contribution in [0.1, 0.15) is 32.6 Å². The molecule has 128 valence electrons. The van der Waals surface area contributed by atoms with Crippen molar-refractivity contribution >= 4 is 33.2 Å². The second-order valence-corrected chi connectivity index (χ2v) is 8.40. The standard InChI is InChI=1S/C16H23ClN2O3S/c1-12(16(20)18(2)14-8-4-5-9-14)19(23(3,21)22)15-10-6-7-13(17)11-15/h6-7,10-12,14H,4-5,8-9H2,1-3H3/t12-/m1/s1. The summed E-state index contributed by atoms with van der Waals surface area (Å²) >= 11 is 5.97. The van der Waals surface area contributed by atoms with E-state index in [1.807, 2.05) is 0 Å². The van der Waals surface area contributed by atoms with Crippen molar-refractivity contribution in [3.8, 4) is 0 Å². The van der Waals surface area contributed by atoms with Gasteiger partial charge in [0, 0.05) is 18.1 Å². The smallest absolute Gasteiger partial charge is 0.246 e. The van der Waals surface area contributed by atoms with Crippen molar-refractivity contribution in [2.45, 2.75) is 44.7 Å². The first kappa shape index (κ1) is 18.1. The van der Waals surface area contributed by atoms with Crippen LogP contribution in [0.3, 0.4) is 0 Å². The Morgan fingerprint density at radius 2 is 1.91 bits per heavy atom. The summed E-state index contributed by atoms with van der Waals surface area (Å²) in [4.78, 5) is 14.5. The van der Waals surface area contributed by atoms with Crippen LogP contribution in [-0.2, 0) is 14.8 Å². The van der Waals surface area contributed by atoms with Crippen LogP contribution in [0.4, 0.5) is 5.69 Å². The molecule has 1 aliphatic carbocycles. The minimum atomic E-state index is -3.61. The predicted molar refractivity (Wildman–Crippen MR) is 93.3 cm³/mol. The Kier molecular flexibility index (Phi) is 5.57. The van der Waals surface area contributed by atoms with E-state index in [2.05, 4.69) is 0 Å². The Balaban J connectivity index is 2.30. The second-order valence-electron chi connectivity index (χ2n) is 6.10. The molecule has 1 amide bonds. The van der Waals surface area contributed by atoms with E-state index >= 15 is 0 Å². The number of benzene rings is 1. The van der Waals surface area contributed by atoms with E-state index in [9.17, 15) is 13.2 Å². The van der Waals surface area contributed by atoms with Gasteiger partial charge < -0.3 is 4.90 Å². The molecule has 0 aliphatic heterocycles. The molecule has 0 aromatic heterocycles. The fourth-order valence-corrected chi connectivity index (χ4v) is 4.53. The normalized spacial score (nSPS) is 17.0. The molecule has 0 spiro atoms. The fourth-order valence-electron chi connectivity index (χ4n) is 3.18. The summed E-state index contributed by atoms with van der Waals surface area (Å²) in [6.45, 7) is 1.62. The highest BCUT2D eigenvalue weighted by atomic mass is 35.5. The SMILES string of the molecule is C[C@H](C(=O)N(C)C1CCCC1)N(c1cccc(Cl)c1)S(C)(=O)=O. The number of carbonyl (C=O) groups excluding carboxylic acids is 1. The third kappa shape index (κ3) is 4.18. The number of carbonyl (C=O) groups is 1. The first-order valence-corrected chi connectivity index (χ1v) is 9.96. The quantitative estimate of drug-likeness (QED) is 0.813. The summed E-state index contributed by atoms with van der Waals surface area (Å²) in [5.74, 6) is -0.192. The number of halogens is 1. The summed E-state index contributed by atoms with van der Waals surface area (Å²) < 4.78 is 25.6. The highest BCUT2D eigenvalue weighted by Gasteiger charge is 2.33. The molecular formula is C16H23ClN2O3S. The van der Waals surface area contributed by atoms with Crippen LogP contribution in [0.15, 0.2) is 24.3 Å². The Morgan fingerprint density at radius 1 is 1.30 bits per heavy atom. The molecule has 0 heterocycles. The topological polar surface area (TPSA) is 57.7 Å². The molecule has 1 aliphatic rings. The van der Waals surface area contributed by atoms with E-state index in [0.717, 1.165) is 36.2 Å². The number of hydrogen-bond donors (Lipinski definition) is 0. The van der Waals surface area contributed by atoms with Crippen LogP contribution in [-0.4, -0.2) is 44.6 Å². The average Bonchev–Trinajstić information content (AvgIpc) is 2.98. The van der Waals surface area contributed by atoms with Crippen molar-refractivity contribution in [1.82, 2.24) is 4.90 Å². The molecule has 1 atom stereocenters. The molecule has 0 bridgehead atoms. The molecule has 0 N–H and O–H groups in total. The maximum Gasteiger partial charge on any atom is 0.246 e. The van der Waals surface area contributed by atoms with Crippen molar-refractivity contribution in [2.75, 3.05) is 17.6 Å². The number of rotatable bonds is 5. The van der Waals surface area contributed by atoms with Gasteiger partial charge in [-0.2, -0.15) is 0 Å². The minimum absolute atomic E-state index is 0.192. The van der Waals surface area contributed by atoms with Crippen molar-refractivity contribution in [2.24, 2.45) is 0 Å². The third-order valence-corrected chi connectivity index (χ3v) is 5.83. The molecule has 0 unspecified atom stereocenters. The minimum Gasteiger partial charge on any atom is -0.341 e. The lowest BCUT2D eigenvalue weighted by atomic mass is 10.2. The molecule has 2 rings (SSSR count). The summed E-state index contributed by atoms with van der Waals surface area (Å²) in [7, 11) is -1.85. The number of hydrogen-bond acceptors (Lipinski definition) is 3. The lowest BCUT2D eigenvalue weighted by molar-refractivity contribution is -0.132. The third-order valence-electron chi connectivity index (χ3n) is 4.35. The number of sulfonamides is 1. The molecule has 5 nitrogen and oxygen atoms in total. The maximum absolute atomic E-state index is 12.8. The second kappa shape index (κ2) is 7.09.